The standard InChI is InChI=1S/C18H17FN4O4S/c1-23-8-15-13(4-5-18(9-27-10-18)22-28(15,25)26)16(23)17(24)21-12-2-3-14(19)11(6-12)7-20/h2-3,6,8,22H,4-5,9-10H2,1H3,(H,21,24). The Labute approximate surface area is 161 Å². The van der Waals surface area contributed by atoms with Gasteiger partial charge in [0, 0.05) is 24.5 Å². The van der Waals surface area contributed by atoms with E-state index in [1.54, 1.807) is 13.1 Å². The molecule has 8 nitrogen and oxygen atoms in total. The molecule has 1 amide bonds. The number of nitriles is 1. The molecule has 2 aromatic rings. The van der Waals surface area contributed by atoms with Crippen LogP contribution in [0.4, 0.5) is 10.1 Å². The van der Waals surface area contributed by atoms with Gasteiger partial charge >= 0.3 is 0 Å². The van der Waals surface area contributed by atoms with Gasteiger partial charge in [0.15, 0.2) is 0 Å². The summed E-state index contributed by atoms with van der Waals surface area (Å²) in [4.78, 5) is 12.9. The van der Waals surface area contributed by atoms with Crippen LogP contribution < -0.4 is 10.0 Å². The highest BCUT2D eigenvalue weighted by Crippen LogP contribution is 2.34. The first-order valence-corrected chi connectivity index (χ1v) is 10.0. The van der Waals surface area contributed by atoms with E-state index in [1.165, 1.54) is 22.9 Å². The summed E-state index contributed by atoms with van der Waals surface area (Å²) in [7, 11) is -2.20. The first kappa shape index (κ1) is 18.6. The Morgan fingerprint density at radius 1 is 1.43 bits per heavy atom. The largest absolute Gasteiger partial charge is 0.377 e. The third-order valence-corrected chi connectivity index (χ3v) is 6.69. The zero-order chi connectivity index (χ0) is 20.1. The van der Waals surface area contributed by atoms with E-state index >= 15 is 0 Å². The van der Waals surface area contributed by atoms with Crippen molar-refractivity contribution >= 4 is 21.6 Å². The maximum absolute atomic E-state index is 13.5. The molecule has 2 aliphatic heterocycles. The average molecular weight is 404 g/mol. The molecule has 2 N–H and O–H groups in total. The molecule has 1 aromatic heterocycles. The fraction of sp³-hybridized carbons (Fsp3) is 0.333. The number of benzene rings is 1. The van der Waals surface area contributed by atoms with Crippen LogP contribution >= 0.6 is 0 Å². The zero-order valence-electron chi connectivity index (χ0n) is 15.0. The fourth-order valence-corrected chi connectivity index (χ4v) is 5.32. The van der Waals surface area contributed by atoms with Crippen LogP contribution in [-0.2, 0) is 28.2 Å². The van der Waals surface area contributed by atoms with Crippen molar-refractivity contribution in [2.24, 2.45) is 7.05 Å². The van der Waals surface area contributed by atoms with Gasteiger partial charge in [0.1, 0.15) is 22.5 Å². The lowest BCUT2D eigenvalue weighted by molar-refractivity contribution is -0.0657. The number of aryl methyl sites for hydroxylation is 1. The van der Waals surface area contributed by atoms with Crippen LogP contribution in [0.25, 0.3) is 0 Å². The molecule has 0 saturated carbocycles. The van der Waals surface area contributed by atoms with E-state index in [9.17, 15) is 17.6 Å². The normalized spacial score (nSPS) is 19.2. The van der Waals surface area contributed by atoms with E-state index in [0.717, 1.165) is 6.07 Å². The number of carbonyl (C=O) groups is 1. The predicted molar refractivity (Wildman–Crippen MR) is 96.7 cm³/mol. The van der Waals surface area contributed by atoms with Crippen molar-refractivity contribution < 1.29 is 22.3 Å². The van der Waals surface area contributed by atoms with Gasteiger partial charge in [0.25, 0.3) is 5.91 Å². The van der Waals surface area contributed by atoms with Crippen molar-refractivity contribution in [3.8, 4) is 6.07 Å². The molecular formula is C18H17FN4O4S. The van der Waals surface area contributed by atoms with Crippen LogP contribution in [0.1, 0.15) is 28.0 Å². The van der Waals surface area contributed by atoms with Gasteiger partial charge in [-0.25, -0.2) is 17.5 Å². The van der Waals surface area contributed by atoms with Gasteiger partial charge in [-0.3, -0.25) is 4.79 Å². The molecule has 28 heavy (non-hydrogen) atoms. The van der Waals surface area contributed by atoms with Crippen LogP contribution in [0.5, 0.6) is 0 Å². The third-order valence-electron chi connectivity index (χ3n) is 5.06. The van der Waals surface area contributed by atoms with Gasteiger partial charge in [-0.15, -0.1) is 0 Å². The number of hydrogen-bond donors (Lipinski definition) is 2. The van der Waals surface area contributed by atoms with Crippen molar-refractivity contribution in [1.82, 2.24) is 9.29 Å². The van der Waals surface area contributed by atoms with E-state index in [-0.39, 0.29) is 21.8 Å². The van der Waals surface area contributed by atoms with Gasteiger partial charge in [-0.05, 0) is 31.0 Å². The Hall–Kier alpha value is -2.74. The maximum Gasteiger partial charge on any atom is 0.272 e. The molecule has 1 aromatic carbocycles. The molecule has 0 aliphatic carbocycles. The number of sulfonamides is 1. The summed E-state index contributed by atoms with van der Waals surface area (Å²) in [5, 5.41) is 11.6. The van der Waals surface area contributed by atoms with Crippen LogP contribution in [0.2, 0.25) is 0 Å². The number of fused-ring (bicyclic) bond motifs is 1. The Kier molecular flexibility index (Phi) is 4.26. The molecule has 3 heterocycles. The number of hydrogen-bond acceptors (Lipinski definition) is 5. The molecule has 1 fully saturated rings. The number of carbonyl (C=O) groups excluding carboxylic acids is 1. The summed E-state index contributed by atoms with van der Waals surface area (Å²) in [6.45, 7) is 0.605. The summed E-state index contributed by atoms with van der Waals surface area (Å²) in [6, 6.07) is 5.38. The lowest BCUT2D eigenvalue weighted by Gasteiger charge is -2.40. The molecule has 0 unspecified atom stereocenters. The molecule has 2 aliphatic rings. The number of aromatic nitrogens is 1. The lowest BCUT2D eigenvalue weighted by Crippen LogP contribution is -2.61. The van der Waals surface area contributed by atoms with Crippen molar-refractivity contribution in [1.29, 1.82) is 5.26 Å². The first-order valence-electron chi connectivity index (χ1n) is 8.56. The fourth-order valence-electron chi connectivity index (χ4n) is 3.60. The summed E-state index contributed by atoms with van der Waals surface area (Å²) in [5.41, 5.74) is 0.0634. The Bertz CT molecular complexity index is 1130. The second-order valence-corrected chi connectivity index (χ2v) is 8.72. The molecule has 1 saturated heterocycles. The van der Waals surface area contributed by atoms with E-state index in [4.69, 9.17) is 10.00 Å². The number of rotatable bonds is 2. The van der Waals surface area contributed by atoms with Gasteiger partial charge in [-0.1, -0.05) is 0 Å². The highest BCUT2D eigenvalue weighted by Gasteiger charge is 2.46. The van der Waals surface area contributed by atoms with Crippen molar-refractivity contribution in [3.05, 3.63) is 47.0 Å². The second-order valence-electron chi connectivity index (χ2n) is 7.07. The molecule has 10 heteroatoms. The highest BCUT2D eigenvalue weighted by molar-refractivity contribution is 7.89. The quantitative estimate of drug-likeness (QED) is 0.783. The minimum absolute atomic E-state index is 0.0701. The molecule has 146 valence electrons. The summed E-state index contributed by atoms with van der Waals surface area (Å²) in [5.74, 6) is -1.21. The van der Waals surface area contributed by atoms with Crippen molar-refractivity contribution in [3.63, 3.8) is 0 Å². The molecular weight excluding hydrogens is 387 g/mol. The second kappa shape index (κ2) is 6.41. The van der Waals surface area contributed by atoms with E-state index < -0.39 is 27.3 Å². The number of ether oxygens (including phenoxy) is 1. The molecule has 0 radical (unpaired) electrons. The topological polar surface area (TPSA) is 113 Å². The number of amides is 1. The molecule has 0 bridgehead atoms. The predicted octanol–water partition coefficient (Wildman–Crippen LogP) is 1.28. The smallest absolute Gasteiger partial charge is 0.272 e. The van der Waals surface area contributed by atoms with E-state index in [1.807, 2.05) is 0 Å². The van der Waals surface area contributed by atoms with E-state index in [2.05, 4.69) is 10.0 Å². The van der Waals surface area contributed by atoms with Gasteiger partial charge in [0.2, 0.25) is 10.0 Å². The van der Waals surface area contributed by atoms with Crippen molar-refractivity contribution in [2.75, 3.05) is 18.5 Å². The summed E-state index contributed by atoms with van der Waals surface area (Å²) >= 11 is 0. The molecule has 1 spiro atoms. The van der Waals surface area contributed by atoms with Gasteiger partial charge in [0.05, 0.1) is 24.3 Å². The summed E-state index contributed by atoms with van der Waals surface area (Å²) < 4.78 is 48.4. The first-order chi connectivity index (χ1) is 13.2. The average Bonchev–Trinajstić information content (AvgIpc) is 2.90. The van der Waals surface area contributed by atoms with Crippen LogP contribution in [0.15, 0.2) is 29.3 Å². The number of nitrogens with one attached hydrogen (secondary N) is 2. The number of halogens is 1. The van der Waals surface area contributed by atoms with Crippen LogP contribution in [0.3, 0.4) is 0 Å². The van der Waals surface area contributed by atoms with Crippen LogP contribution in [0, 0.1) is 17.1 Å². The third kappa shape index (κ3) is 2.97. The SMILES string of the molecule is Cn1cc2c(c1C(=O)Nc1ccc(F)c(C#N)c1)CCC1(COC1)NS2(=O)=O. The molecule has 4 rings (SSSR count). The minimum atomic E-state index is -3.79. The zero-order valence-corrected chi connectivity index (χ0v) is 15.8. The minimum Gasteiger partial charge on any atom is -0.377 e. The Balaban J connectivity index is 1.69. The monoisotopic (exact) mass is 404 g/mol. The summed E-state index contributed by atoms with van der Waals surface area (Å²) in [6.07, 6.45) is 2.32. The van der Waals surface area contributed by atoms with Crippen molar-refractivity contribution in [2.45, 2.75) is 23.3 Å². The number of anilines is 1. The van der Waals surface area contributed by atoms with Gasteiger partial charge in [-0.2, -0.15) is 5.26 Å². The maximum atomic E-state index is 13.5. The Morgan fingerprint density at radius 3 is 2.82 bits per heavy atom. The lowest BCUT2D eigenvalue weighted by atomic mass is 9.90. The van der Waals surface area contributed by atoms with Gasteiger partial charge < -0.3 is 14.6 Å². The van der Waals surface area contributed by atoms with Crippen LogP contribution in [-0.4, -0.2) is 37.6 Å². The number of nitrogens with zero attached hydrogens (tertiary/aromatic N) is 2. The highest BCUT2D eigenvalue weighted by atomic mass is 32.2. The van der Waals surface area contributed by atoms with E-state index in [0.29, 0.717) is 31.6 Å². The Morgan fingerprint density at radius 2 is 2.18 bits per heavy atom. The molecule has 0 atom stereocenters.